The number of sulfonamides is 1. The molecule has 4 N–H and O–H groups in total. The van der Waals surface area contributed by atoms with Crippen LogP contribution in [0.5, 0.6) is 11.5 Å². The number of primary amides is 1. The maximum absolute atomic E-state index is 13.0. The van der Waals surface area contributed by atoms with Crippen LogP contribution in [-0.2, 0) is 19.6 Å². The zero-order valence-electron chi connectivity index (χ0n) is 20.4. The number of amides is 2. The molecule has 0 aromatic heterocycles. The largest absolute Gasteiger partial charge is 0.493 e. The number of carbonyl (C=O) groups is 2. The van der Waals surface area contributed by atoms with Crippen LogP contribution in [0.25, 0.3) is 0 Å². The lowest BCUT2D eigenvalue weighted by Gasteiger charge is -2.18. The number of methoxy groups -OCH3 is 1. The molecule has 0 bridgehead atoms. The molecule has 2 amide bonds. The third-order valence-corrected chi connectivity index (χ3v) is 6.67. The van der Waals surface area contributed by atoms with Gasteiger partial charge in [0.1, 0.15) is 0 Å². The lowest BCUT2D eigenvalue weighted by Crippen LogP contribution is -2.32. The van der Waals surface area contributed by atoms with E-state index in [1.54, 1.807) is 60.7 Å². The number of rotatable bonds is 12. The lowest BCUT2D eigenvalue weighted by atomic mass is 10.0. The molecule has 1 atom stereocenters. The Labute approximate surface area is 215 Å². The number of hydrogen-bond donors (Lipinski definition) is 3. The summed E-state index contributed by atoms with van der Waals surface area (Å²) in [7, 11) is -2.44. The molecular weight excluding hydrogens is 496 g/mol. The second kappa shape index (κ2) is 12.7. The Morgan fingerprint density at radius 2 is 1.73 bits per heavy atom. The number of ether oxygens (including phenoxy) is 2. The predicted molar refractivity (Wildman–Crippen MR) is 139 cm³/mol. The summed E-state index contributed by atoms with van der Waals surface area (Å²) in [6, 6.07) is 19.3. The van der Waals surface area contributed by atoms with Crippen molar-refractivity contribution in [2.24, 2.45) is 10.8 Å². The van der Waals surface area contributed by atoms with Crippen LogP contribution in [0.1, 0.15) is 29.2 Å². The van der Waals surface area contributed by atoms with Crippen molar-refractivity contribution < 1.29 is 27.5 Å². The van der Waals surface area contributed by atoms with Gasteiger partial charge in [0.25, 0.3) is 5.91 Å². The van der Waals surface area contributed by atoms with E-state index < -0.39 is 27.9 Å². The van der Waals surface area contributed by atoms with E-state index in [-0.39, 0.29) is 17.9 Å². The second-order valence-corrected chi connectivity index (χ2v) is 9.77. The second-order valence-electron chi connectivity index (χ2n) is 8.06. The van der Waals surface area contributed by atoms with Crippen LogP contribution in [0.2, 0.25) is 0 Å². The lowest BCUT2D eigenvalue weighted by molar-refractivity contribution is -0.121. The quantitative estimate of drug-likeness (QED) is 0.245. The Morgan fingerprint density at radius 1 is 1.03 bits per heavy atom. The summed E-state index contributed by atoms with van der Waals surface area (Å²) in [6.45, 7) is 1.57. The van der Waals surface area contributed by atoms with E-state index in [2.05, 4.69) is 15.2 Å². The molecule has 0 unspecified atom stereocenters. The van der Waals surface area contributed by atoms with E-state index in [4.69, 9.17) is 15.2 Å². The van der Waals surface area contributed by atoms with Crippen LogP contribution in [-0.4, -0.2) is 40.2 Å². The third-order valence-electron chi connectivity index (χ3n) is 5.18. The number of carbonyl (C=O) groups excluding carboxylic acids is 2. The minimum Gasteiger partial charge on any atom is -0.493 e. The van der Waals surface area contributed by atoms with Crippen molar-refractivity contribution in [2.75, 3.05) is 13.7 Å². The zero-order valence-corrected chi connectivity index (χ0v) is 21.2. The van der Waals surface area contributed by atoms with E-state index in [1.807, 2.05) is 6.92 Å². The van der Waals surface area contributed by atoms with E-state index in [0.717, 1.165) is 5.56 Å². The Bertz CT molecular complexity index is 1360. The average molecular weight is 525 g/mol. The predicted octanol–water partition coefficient (Wildman–Crippen LogP) is 2.43. The van der Waals surface area contributed by atoms with Gasteiger partial charge in [-0.1, -0.05) is 48.0 Å². The van der Waals surface area contributed by atoms with Gasteiger partial charge in [-0.2, -0.15) is 5.10 Å². The van der Waals surface area contributed by atoms with Crippen LogP contribution >= 0.6 is 0 Å². The van der Waals surface area contributed by atoms with Crippen LogP contribution in [0, 0.1) is 6.92 Å². The van der Waals surface area contributed by atoms with E-state index in [9.17, 15) is 18.0 Å². The van der Waals surface area contributed by atoms with Gasteiger partial charge in [-0.3, -0.25) is 9.59 Å². The van der Waals surface area contributed by atoms with Gasteiger partial charge in [0.15, 0.2) is 18.1 Å². The zero-order chi connectivity index (χ0) is 26.8. The van der Waals surface area contributed by atoms with Crippen LogP contribution in [0.15, 0.2) is 82.8 Å². The molecule has 0 aliphatic rings. The Balaban J connectivity index is 1.69. The fourth-order valence-electron chi connectivity index (χ4n) is 3.33. The van der Waals surface area contributed by atoms with Gasteiger partial charge in [0.2, 0.25) is 15.9 Å². The fraction of sp³-hybridized carbons (Fsp3) is 0.192. The molecule has 0 saturated carbocycles. The van der Waals surface area contributed by atoms with Crippen molar-refractivity contribution in [3.05, 3.63) is 89.5 Å². The van der Waals surface area contributed by atoms with E-state index in [1.165, 1.54) is 25.5 Å². The molecule has 37 heavy (non-hydrogen) atoms. The molecule has 3 aromatic carbocycles. The summed E-state index contributed by atoms with van der Waals surface area (Å²) in [5.41, 5.74) is 9.66. The SMILES string of the molecule is COc1cc(/C=N\NC(=O)C[C@H](NS(=O)(=O)c2ccc(C)cc2)c2ccccc2)ccc1OCC(N)=O. The topological polar surface area (TPSA) is 149 Å². The van der Waals surface area contributed by atoms with Crippen molar-refractivity contribution in [3.63, 3.8) is 0 Å². The standard InChI is InChI=1S/C26H28N4O6S/c1-18-8-11-21(12-9-18)37(33,34)30-22(20-6-4-3-5-7-20)15-26(32)29-28-16-19-10-13-23(24(14-19)35-2)36-17-25(27)31/h3-14,16,22,30H,15,17H2,1-2H3,(H2,27,31)(H,29,32)/b28-16-/t22-/m0/s1. The van der Waals surface area contributed by atoms with Crippen molar-refractivity contribution in [2.45, 2.75) is 24.3 Å². The molecule has 10 nitrogen and oxygen atoms in total. The number of benzene rings is 3. The molecule has 3 rings (SSSR count). The summed E-state index contributed by atoms with van der Waals surface area (Å²) in [4.78, 5) is 23.7. The van der Waals surface area contributed by atoms with Gasteiger partial charge >= 0.3 is 0 Å². The normalized spacial score (nSPS) is 12.2. The smallest absolute Gasteiger partial charge is 0.255 e. The van der Waals surface area contributed by atoms with E-state index in [0.29, 0.717) is 22.6 Å². The number of nitrogens with two attached hydrogens (primary N) is 1. The number of aryl methyl sites for hydroxylation is 1. The Kier molecular flexibility index (Phi) is 9.36. The number of hydrazone groups is 1. The molecule has 0 radical (unpaired) electrons. The average Bonchev–Trinajstić information content (AvgIpc) is 2.88. The maximum Gasteiger partial charge on any atom is 0.255 e. The van der Waals surface area contributed by atoms with E-state index >= 15 is 0 Å². The van der Waals surface area contributed by atoms with Gasteiger partial charge in [-0.25, -0.2) is 18.6 Å². The van der Waals surface area contributed by atoms with Crippen LogP contribution < -0.4 is 25.4 Å². The van der Waals surface area contributed by atoms with Gasteiger partial charge < -0.3 is 15.2 Å². The first kappa shape index (κ1) is 27.4. The first-order valence-electron chi connectivity index (χ1n) is 11.2. The van der Waals surface area contributed by atoms with Gasteiger partial charge in [-0.15, -0.1) is 0 Å². The summed E-state index contributed by atoms with van der Waals surface area (Å²) < 4.78 is 39.1. The summed E-state index contributed by atoms with van der Waals surface area (Å²) in [5, 5.41) is 3.96. The first-order chi connectivity index (χ1) is 17.7. The molecule has 11 heteroatoms. The minimum absolute atomic E-state index is 0.106. The number of nitrogens with zero attached hydrogens (tertiary/aromatic N) is 1. The highest BCUT2D eigenvalue weighted by Crippen LogP contribution is 2.27. The molecule has 3 aromatic rings. The number of nitrogens with one attached hydrogen (secondary N) is 2. The van der Waals surface area contributed by atoms with Crippen molar-refractivity contribution >= 4 is 28.1 Å². The van der Waals surface area contributed by atoms with Crippen LogP contribution in [0.3, 0.4) is 0 Å². The minimum atomic E-state index is -3.88. The molecule has 0 fully saturated rings. The maximum atomic E-state index is 13.0. The molecule has 0 aliphatic heterocycles. The van der Waals surface area contributed by atoms with Crippen LogP contribution in [0.4, 0.5) is 0 Å². The highest BCUT2D eigenvalue weighted by atomic mass is 32.2. The highest BCUT2D eigenvalue weighted by Gasteiger charge is 2.23. The van der Waals surface area contributed by atoms with Gasteiger partial charge in [0.05, 0.1) is 24.3 Å². The highest BCUT2D eigenvalue weighted by molar-refractivity contribution is 7.89. The Morgan fingerprint density at radius 3 is 2.38 bits per heavy atom. The molecule has 0 spiro atoms. The monoisotopic (exact) mass is 524 g/mol. The van der Waals surface area contributed by atoms with Gasteiger partial charge in [0, 0.05) is 6.42 Å². The molecule has 194 valence electrons. The van der Waals surface area contributed by atoms with Crippen molar-refractivity contribution in [1.82, 2.24) is 10.1 Å². The molecule has 0 saturated heterocycles. The fourth-order valence-corrected chi connectivity index (χ4v) is 4.55. The summed E-state index contributed by atoms with van der Waals surface area (Å²) in [5.74, 6) is -0.435. The molecule has 0 aliphatic carbocycles. The third kappa shape index (κ3) is 8.16. The molecular formula is C26H28N4O6S. The van der Waals surface area contributed by atoms with Crippen molar-refractivity contribution in [1.29, 1.82) is 0 Å². The Hall–Kier alpha value is -4.22. The van der Waals surface area contributed by atoms with Gasteiger partial charge in [-0.05, 0) is 48.4 Å². The molecule has 0 heterocycles. The van der Waals surface area contributed by atoms with Crippen molar-refractivity contribution in [3.8, 4) is 11.5 Å². The first-order valence-corrected chi connectivity index (χ1v) is 12.7. The summed E-state index contributed by atoms with van der Waals surface area (Å²) in [6.07, 6.45) is 1.21. The number of hydrogen-bond acceptors (Lipinski definition) is 7. The summed E-state index contributed by atoms with van der Waals surface area (Å²) >= 11 is 0.